The van der Waals surface area contributed by atoms with Gasteiger partial charge in [-0.15, -0.1) is 0 Å². The van der Waals surface area contributed by atoms with E-state index in [1.54, 1.807) is 0 Å². The lowest BCUT2D eigenvalue weighted by molar-refractivity contribution is -0.0426. The summed E-state index contributed by atoms with van der Waals surface area (Å²) in [7, 11) is 4.16. The van der Waals surface area contributed by atoms with Crippen LogP contribution in [0.5, 0.6) is 0 Å². The molecule has 106 valence electrons. The van der Waals surface area contributed by atoms with Crippen LogP contribution in [0.4, 0.5) is 0 Å². The molecule has 1 aliphatic heterocycles. The summed E-state index contributed by atoms with van der Waals surface area (Å²) in [6.45, 7) is 3.55. The van der Waals surface area contributed by atoms with E-state index in [1.165, 1.54) is 0 Å². The highest BCUT2D eigenvalue weighted by Crippen LogP contribution is 2.21. The Morgan fingerprint density at radius 2 is 2.32 bits per heavy atom. The van der Waals surface area contributed by atoms with E-state index in [0.717, 1.165) is 51.1 Å². The molecule has 1 aliphatic rings. The fourth-order valence-electron chi connectivity index (χ4n) is 2.90. The number of pyridine rings is 1. The fourth-order valence-corrected chi connectivity index (χ4v) is 2.90. The van der Waals surface area contributed by atoms with Crippen molar-refractivity contribution >= 4 is 0 Å². The first-order valence-corrected chi connectivity index (χ1v) is 7.07. The number of hydrogen-bond donors (Lipinski definition) is 1. The van der Waals surface area contributed by atoms with Gasteiger partial charge in [-0.3, -0.25) is 4.98 Å². The largest absolute Gasteiger partial charge is 0.387 e. The molecule has 4 nitrogen and oxygen atoms in total. The Morgan fingerprint density at radius 1 is 1.47 bits per heavy atom. The molecule has 0 aliphatic carbocycles. The summed E-state index contributed by atoms with van der Waals surface area (Å²) in [5.41, 5.74) is 0.563. The van der Waals surface area contributed by atoms with E-state index in [9.17, 15) is 5.11 Å². The topological polar surface area (TPSA) is 39.6 Å². The minimum atomic E-state index is -0.550. The molecule has 4 heteroatoms. The third-order valence-corrected chi connectivity index (χ3v) is 3.79. The molecule has 1 aromatic rings. The number of nitrogens with zero attached hydrogens (tertiary/aromatic N) is 3. The highest BCUT2D eigenvalue weighted by atomic mass is 16.3. The highest BCUT2D eigenvalue weighted by Gasteiger charge is 2.32. The summed E-state index contributed by atoms with van der Waals surface area (Å²) in [6.07, 6.45) is 4.76. The molecule has 0 saturated carbocycles. The second-order valence-corrected chi connectivity index (χ2v) is 5.87. The van der Waals surface area contributed by atoms with Gasteiger partial charge in [0.1, 0.15) is 0 Å². The standard InChI is InChI=1S/C15H25N3O/c1-17-10-5-8-15(19,12-17)13-18(2)11-7-14-6-3-4-9-16-14/h3-4,6,9,19H,5,7-8,10-13H2,1-2H3. The van der Waals surface area contributed by atoms with E-state index in [1.807, 2.05) is 18.3 Å². The summed E-state index contributed by atoms with van der Waals surface area (Å²) in [5.74, 6) is 0. The Labute approximate surface area is 116 Å². The molecule has 1 unspecified atom stereocenters. The SMILES string of the molecule is CN1CCCC(O)(CN(C)CCc2ccccn2)C1. The van der Waals surface area contributed by atoms with Crippen LogP contribution in [0, 0.1) is 0 Å². The Morgan fingerprint density at radius 3 is 3.00 bits per heavy atom. The van der Waals surface area contributed by atoms with Crippen LogP contribution in [-0.4, -0.2) is 65.8 Å². The average molecular weight is 263 g/mol. The predicted octanol–water partition coefficient (Wildman–Crippen LogP) is 1.01. The van der Waals surface area contributed by atoms with Crippen LogP contribution in [0.15, 0.2) is 24.4 Å². The maximum absolute atomic E-state index is 10.6. The molecule has 1 N–H and O–H groups in total. The van der Waals surface area contributed by atoms with Gasteiger partial charge in [-0.25, -0.2) is 0 Å². The number of β-amino-alcohol motifs (C(OH)–C–C–N with tert-alkyl or cyclic N) is 1. The Hall–Kier alpha value is -0.970. The van der Waals surface area contributed by atoms with Gasteiger partial charge in [-0.1, -0.05) is 6.07 Å². The van der Waals surface area contributed by atoms with Crippen molar-refractivity contribution in [2.45, 2.75) is 24.9 Å². The quantitative estimate of drug-likeness (QED) is 0.861. The van der Waals surface area contributed by atoms with Crippen molar-refractivity contribution in [2.24, 2.45) is 0 Å². The number of aliphatic hydroxyl groups is 1. The first-order valence-electron chi connectivity index (χ1n) is 7.07. The maximum Gasteiger partial charge on any atom is 0.0900 e. The molecule has 1 aromatic heterocycles. The molecule has 1 fully saturated rings. The Balaban J connectivity index is 1.79. The molecule has 0 bridgehead atoms. The zero-order valence-corrected chi connectivity index (χ0v) is 12.0. The van der Waals surface area contributed by atoms with Gasteiger partial charge in [-0.05, 0) is 45.6 Å². The monoisotopic (exact) mass is 263 g/mol. The van der Waals surface area contributed by atoms with Crippen molar-refractivity contribution < 1.29 is 5.11 Å². The third kappa shape index (κ3) is 4.56. The maximum atomic E-state index is 10.6. The first-order chi connectivity index (χ1) is 9.07. The zero-order chi connectivity index (χ0) is 13.7. The van der Waals surface area contributed by atoms with Crippen LogP contribution in [0.3, 0.4) is 0 Å². The Bertz CT molecular complexity index is 384. The zero-order valence-electron chi connectivity index (χ0n) is 12.0. The van der Waals surface area contributed by atoms with E-state index in [2.05, 4.69) is 34.9 Å². The van der Waals surface area contributed by atoms with Crippen LogP contribution in [0.25, 0.3) is 0 Å². The van der Waals surface area contributed by atoms with E-state index in [-0.39, 0.29) is 0 Å². The third-order valence-electron chi connectivity index (χ3n) is 3.79. The summed E-state index contributed by atoms with van der Waals surface area (Å²) in [5, 5.41) is 10.6. The molecule has 0 spiro atoms. The lowest BCUT2D eigenvalue weighted by Gasteiger charge is -2.39. The number of piperidine rings is 1. The molecule has 0 radical (unpaired) electrons. The molecule has 1 saturated heterocycles. The summed E-state index contributed by atoms with van der Waals surface area (Å²) in [4.78, 5) is 8.76. The average Bonchev–Trinajstić information content (AvgIpc) is 2.37. The minimum Gasteiger partial charge on any atom is -0.387 e. The summed E-state index contributed by atoms with van der Waals surface area (Å²) < 4.78 is 0. The molecule has 1 atom stereocenters. The predicted molar refractivity (Wildman–Crippen MR) is 77.1 cm³/mol. The highest BCUT2D eigenvalue weighted by molar-refractivity contribution is 5.03. The van der Waals surface area contributed by atoms with Crippen LogP contribution in [0.1, 0.15) is 18.5 Å². The normalized spacial score (nSPS) is 24.8. The van der Waals surface area contributed by atoms with Gasteiger partial charge in [0, 0.05) is 37.9 Å². The summed E-state index contributed by atoms with van der Waals surface area (Å²) >= 11 is 0. The number of rotatable bonds is 5. The van der Waals surface area contributed by atoms with Gasteiger partial charge in [0.05, 0.1) is 5.60 Å². The second-order valence-electron chi connectivity index (χ2n) is 5.87. The Kier molecular flexibility index (Phi) is 4.91. The van der Waals surface area contributed by atoms with Crippen LogP contribution < -0.4 is 0 Å². The van der Waals surface area contributed by atoms with E-state index < -0.39 is 5.60 Å². The van der Waals surface area contributed by atoms with Crippen molar-refractivity contribution in [1.82, 2.24) is 14.8 Å². The summed E-state index contributed by atoms with van der Waals surface area (Å²) in [6, 6.07) is 6.01. The number of likely N-dealkylation sites (N-methyl/N-ethyl adjacent to an activating group) is 2. The van der Waals surface area contributed by atoms with Gasteiger partial charge in [0.2, 0.25) is 0 Å². The number of aromatic nitrogens is 1. The van der Waals surface area contributed by atoms with Gasteiger partial charge in [0.25, 0.3) is 0 Å². The van der Waals surface area contributed by atoms with Gasteiger partial charge >= 0.3 is 0 Å². The molecule has 2 rings (SSSR count). The van der Waals surface area contributed by atoms with Crippen molar-refractivity contribution in [1.29, 1.82) is 0 Å². The first kappa shape index (κ1) is 14.4. The van der Waals surface area contributed by atoms with Gasteiger partial charge in [-0.2, -0.15) is 0 Å². The second kappa shape index (κ2) is 6.46. The number of likely N-dealkylation sites (tertiary alicyclic amines) is 1. The molecule has 2 heterocycles. The van der Waals surface area contributed by atoms with Crippen LogP contribution in [0.2, 0.25) is 0 Å². The van der Waals surface area contributed by atoms with Crippen molar-refractivity contribution in [3.8, 4) is 0 Å². The molecular weight excluding hydrogens is 238 g/mol. The van der Waals surface area contributed by atoms with E-state index >= 15 is 0 Å². The van der Waals surface area contributed by atoms with E-state index in [4.69, 9.17) is 0 Å². The van der Waals surface area contributed by atoms with Crippen molar-refractivity contribution in [3.05, 3.63) is 30.1 Å². The van der Waals surface area contributed by atoms with Gasteiger partial charge in [0.15, 0.2) is 0 Å². The van der Waals surface area contributed by atoms with Crippen molar-refractivity contribution in [3.63, 3.8) is 0 Å². The lowest BCUT2D eigenvalue weighted by atomic mass is 9.92. The smallest absolute Gasteiger partial charge is 0.0900 e. The van der Waals surface area contributed by atoms with Crippen molar-refractivity contribution in [2.75, 3.05) is 40.3 Å². The van der Waals surface area contributed by atoms with Crippen LogP contribution in [-0.2, 0) is 6.42 Å². The molecule has 0 amide bonds. The minimum absolute atomic E-state index is 0.550. The molecule has 0 aromatic carbocycles. The molecule has 19 heavy (non-hydrogen) atoms. The fraction of sp³-hybridized carbons (Fsp3) is 0.667. The lowest BCUT2D eigenvalue weighted by Crippen LogP contribution is -2.52. The molecular formula is C15H25N3O. The van der Waals surface area contributed by atoms with Crippen LogP contribution >= 0.6 is 0 Å². The van der Waals surface area contributed by atoms with E-state index in [0.29, 0.717) is 0 Å². The van der Waals surface area contributed by atoms with Gasteiger partial charge < -0.3 is 14.9 Å². The number of hydrogen-bond acceptors (Lipinski definition) is 4.